The zero-order chi connectivity index (χ0) is 15.5. The summed E-state index contributed by atoms with van der Waals surface area (Å²) in [5, 5.41) is 0. The lowest BCUT2D eigenvalue weighted by Crippen LogP contribution is -2.29. The Hall–Kier alpha value is -2.00. The van der Waals surface area contributed by atoms with Crippen LogP contribution in [-0.2, 0) is 0 Å². The normalized spacial score (nSPS) is 11.0. The van der Waals surface area contributed by atoms with Gasteiger partial charge in [0.25, 0.3) is 0 Å². The summed E-state index contributed by atoms with van der Waals surface area (Å²) < 4.78 is 11.5. The average Bonchev–Trinajstić information content (AvgIpc) is 2.46. The Kier molecular flexibility index (Phi) is 4.53. The highest BCUT2D eigenvalue weighted by molar-refractivity contribution is 6.70. The standard InChI is InChI=1S/C18H22O2Si/c1-14(15-9-7-6-8-10-15)16-11-12-17(18(13-16)19-2)20-21(3,4)5/h6-13H,1H2,2-5H3. The molecular formula is C18H22O2Si. The first-order valence-electron chi connectivity index (χ1n) is 7.02. The Morgan fingerprint density at radius 2 is 1.57 bits per heavy atom. The lowest BCUT2D eigenvalue weighted by molar-refractivity contribution is 0.392. The Labute approximate surface area is 128 Å². The predicted octanol–water partition coefficient (Wildman–Crippen LogP) is 4.97. The minimum atomic E-state index is -1.66. The number of hydrogen-bond acceptors (Lipinski definition) is 2. The van der Waals surface area contributed by atoms with E-state index < -0.39 is 8.32 Å². The van der Waals surface area contributed by atoms with Crippen LogP contribution in [0.1, 0.15) is 11.1 Å². The average molecular weight is 298 g/mol. The third-order valence-electron chi connectivity index (χ3n) is 3.05. The summed E-state index contributed by atoms with van der Waals surface area (Å²) in [5.74, 6) is 1.56. The molecule has 0 saturated carbocycles. The fourth-order valence-electron chi connectivity index (χ4n) is 2.08. The number of ether oxygens (including phenoxy) is 1. The number of methoxy groups -OCH3 is 1. The quantitative estimate of drug-likeness (QED) is 0.726. The van der Waals surface area contributed by atoms with Crippen LogP contribution in [0.15, 0.2) is 55.1 Å². The topological polar surface area (TPSA) is 18.5 Å². The Morgan fingerprint density at radius 3 is 2.14 bits per heavy atom. The molecule has 0 atom stereocenters. The molecule has 2 aromatic rings. The zero-order valence-corrected chi connectivity index (χ0v) is 14.1. The molecule has 21 heavy (non-hydrogen) atoms. The van der Waals surface area contributed by atoms with Gasteiger partial charge in [-0.1, -0.05) is 43.0 Å². The molecule has 0 saturated heterocycles. The first kappa shape index (κ1) is 15.4. The van der Waals surface area contributed by atoms with Crippen molar-refractivity contribution < 1.29 is 9.16 Å². The monoisotopic (exact) mass is 298 g/mol. The van der Waals surface area contributed by atoms with E-state index in [1.54, 1.807) is 7.11 Å². The first-order chi connectivity index (χ1) is 9.90. The van der Waals surface area contributed by atoms with E-state index in [1.165, 1.54) is 0 Å². The smallest absolute Gasteiger partial charge is 0.242 e. The van der Waals surface area contributed by atoms with Crippen molar-refractivity contribution >= 4 is 13.9 Å². The third kappa shape index (κ3) is 3.98. The Balaban J connectivity index is 2.33. The van der Waals surface area contributed by atoms with Crippen LogP contribution in [0.4, 0.5) is 0 Å². The molecule has 0 aromatic heterocycles. The Bertz CT molecular complexity index is 627. The molecule has 0 aliphatic carbocycles. The van der Waals surface area contributed by atoms with Gasteiger partial charge in [0.2, 0.25) is 8.32 Å². The molecule has 2 aromatic carbocycles. The van der Waals surface area contributed by atoms with Crippen molar-refractivity contribution in [2.45, 2.75) is 19.6 Å². The minimum absolute atomic E-state index is 0.756. The lowest BCUT2D eigenvalue weighted by Gasteiger charge is -2.21. The maximum Gasteiger partial charge on any atom is 0.242 e. The second-order valence-electron chi connectivity index (χ2n) is 5.92. The Morgan fingerprint density at radius 1 is 0.905 bits per heavy atom. The van der Waals surface area contributed by atoms with Crippen LogP contribution in [0.5, 0.6) is 11.5 Å². The lowest BCUT2D eigenvalue weighted by atomic mass is 9.99. The van der Waals surface area contributed by atoms with Crippen molar-refractivity contribution in [1.29, 1.82) is 0 Å². The van der Waals surface area contributed by atoms with Gasteiger partial charge in [-0.2, -0.15) is 0 Å². The van der Waals surface area contributed by atoms with Crippen LogP contribution in [-0.4, -0.2) is 15.4 Å². The van der Waals surface area contributed by atoms with Crippen LogP contribution >= 0.6 is 0 Å². The molecule has 3 heteroatoms. The highest BCUT2D eigenvalue weighted by atomic mass is 28.4. The van der Waals surface area contributed by atoms with E-state index in [0.717, 1.165) is 28.2 Å². The molecule has 2 nitrogen and oxygen atoms in total. The van der Waals surface area contributed by atoms with Crippen LogP contribution < -0.4 is 9.16 Å². The summed E-state index contributed by atoms with van der Waals surface area (Å²) in [6.07, 6.45) is 0. The van der Waals surface area contributed by atoms with E-state index in [0.29, 0.717) is 0 Å². The molecule has 0 amide bonds. The van der Waals surface area contributed by atoms with E-state index in [9.17, 15) is 0 Å². The third-order valence-corrected chi connectivity index (χ3v) is 3.88. The molecule has 0 bridgehead atoms. The van der Waals surface area contributed by atoms with Crippen molar-refractivity contribution in [3.05, 3.63) is 66.2 Å². The maximum absolute atomic E-state index is 6.05. The van der Waals surface area contributed by atoms with Crippen LogP contribution in [0, 0.1) is 0 Å². The van der Waals surface area contributed by atoms with Gasteiger partial charge >= 0.3 is 0 Å². The first-order valence-corrected chi connectivity index (χ1v) is 10.4. The minimum Gasteiger partial charge on any atom is -0.542 e. The molecule has 0 aliphatic heterocycles. The van der Waals surface area contributed by atoms with E-state index in [4.69, 9.17) is 9.16 Å². The second kappa shape index (κ2) is 6.18. The van der Waals surface area contributed by atoms with Gasteiger partial charge in [0.15, 0.2) is 5.75 Å². The van der Waals surface area contributed by atoms with Gasteiger partial charge in [-0.05, 0) is 48.5 Å². The highest BCUT2D eigenvalue weighted by Crippen LogP contribution is 2.33. The molecule has 110 valence electrons. The van der Waals surface area contributed by atoms with Crippen molar-refractivity contribution in [3.8, 4) is 11.5 Å². The predicted molar refractivity (Wildman–Crippen MR) is 91.5 cm³/mol. The summed E-state index contributed by atoms with van der Waals surface area (Å²) in [6.45, 7) is 10.7. The van der Waals surface area contributed by atoms with Gasteiger partial charge in [0.1, 0.15) is 5.75 Å². The van der Waals surface area contributed by atoms with Crippen molar-refractivity contribution in [1.82, 2.24) is 0 Å². The van der Waals surface area contributed by atoms with E-state index in [-0.39, 0.29) is 0 Å². The number of benzene rings is 2. The summed E-state index contributed by atoms with van der Waals surface area (Å²) in [7, 11) is 0.0115. The van der Waals surface area contributed by atoms with Crippen molar-refractivity contribution in [3.63, 3.8) is 0 Å². The van der Waals surface area contributed by atoms with Gasteiger partial charge in [-0.3, -0.25) is 0 Å². The fourth-order valence-corrected chi connectivity index (χ4v) is 2.90. The number of rotatable bonds is 5. The molecule has 2 rings (SSSR count). The largest absolute Gasteiger partial charge is 0.542 e. The van der Waals surface area contributed by atoms with E-state index >= 15 is 0 Å². The molecular weight excluding hydrogens is 276 g/mol. The molecule has 0 aliphatic rings. The van der Waals surface area contributed by atoms with Gasteiger partial charge in [0.05, 0.1) is 7.11 Å². The van der Waals surface area contributed by atoms with E-state index in [2.05, 4.69) is 38.4 Å². The molecule has 0 fully saturated rings. The molecule has 0 unspecified atom stereocenters. The van der Waals surface area contributed by atoms with Crippen LogP contribution in [0.2, 0.25) is 19.6 Å². The summed E-state index contributed by atoms with van der Waals surface area (Å²) in [6, 6.07) is 16.1. The van der Waals surface area contributed by atoms with Crippen molar-refractivity contribution in [2.24, 2.45) is 0 Å². The molecule has 0 heterocycles. The highest BCUT2D eigenvalue weighted by Gasteiger charge is 2.19. The second-order valence-corrected chi connectivity index (χ2v) is 10.4. The summed E-state index contributed by atoms with van der Waals surface area (Å²) in [5.41, 5.74) is 3.13. The summed E-state index contributed by atoms with van der Waals surface area (Å²) >= 11 is 0. The van der Waals surface area contributed by atoms with Crippen LogP contribution in [0.3, 0.4) is 0 Å². The maximum atomic E-state index is 6.05. The molecule has 0 N–H and O–H groups in total. The van der Waals surface area contributed by atoms with Gasteiger partial charge in [0, 0.05) is 0 Å². The van der Waals surface area contributed by atoms with Crippen LogP contribution in [0.25, 0.3) is 5.57 Å². The molecule has 0 radical (unpaired) electrons. The fraction of sp³-hybridized carbons (Fsp3) is 0.222. The van der Waals surface area contributed by atoms with Gasteiger partial charge in [-0.15, -0.1) is 0 Å². The molecule has 0 spiro atoms. The van der Waals surface area contributed by atoms with Crippen molar-refractivity contribution in [2.75, 3.05) is 7.11 Å². The SMILES string of the molecule is C=C(c1ccccc1)c1ccc(O[Si](C)(C)C)c(OC)c1. The summed E-state index contributed by atoms with van der Waals surface area (Å²) in [4.78, 5) is 0. The number of hydrogen-bond donors (Lipinski definition) is 0. The zero-order valence-electron chi connectivity index (χ0n) is 13.1. The van der Waals surface area contributed by atoms with Gasteiger partial charge < -0.3 is 9.16 Å². The van der Waals surface area contributed by atoms with Gasteiger partial charge in [-0.25, -0.2) is 0 Å². The van der Waals surface area contributed by atoms with E-state index in [1.807, 2.05) is 36.4 Å².